The van der Waals surface area contributed by atoms with Gasteiger partial charge in [0.25, 0.3) is 5.91 Å². The molecule has 2 aromatic carbocycles. The molecule has 1 unspecified atom stereocenters. The molecule has 1 aliphatic rings. The summed E-state index contributed by atoms with van der Waals surface area (Å²) in [4.78, 5) is 39.5. The van der Waals surface area contributed by atoms with Crippen LogP contribution in [0.4, 0.5) is 0 Å². The number of carbonyl (C=O) groups excluding carboxylic acids is 3. The average molecular weight is 467 g/mol. The molecule has 1 heterocycles. The van der Waals surface area contributed by atoms with Crippen molar-refractivity contribution in [3.05, 3.63) is 65.7 Å². The molecule has 0 saturated carbocycles. The Kier molecular flexibility index (Phi) is 9.50. The van der Waals surface area contributed by atoms with Gasteiger partial charge in [-0.1, -0.05) is 44.2 Å². The topological polar surface area (TPSA) is 84.9 Å². The van der Waals surface area contributed by atoms with Crippen LogP contribution in [-0.4, -0.2) is 55.0 Å². The minimum Gasteiger partial charge on any atom is -0.494 e. The van der Waals surface area contributed by atoms with Gasteiger partial charge >= 0.3 is 5.97 Å². The second-order valence-corrected chi connectivity index (χ2v) is 8.87. The number of nitrogens with one attached hydrogen (secondary N) is 1. The Hall–Kier alpha value is -3.35. The lowest BCUT2D eigenvalue weighted by Crippen LogP contribution is -2.57. The molecule has 0 radical (unpaired) electrons. The zero-order valence-electron chi connectivity index (χ0n) is 20.0. The molecule has 1 atom stereocenters. The van der Waals surface area contributed by atoms with Crippen molar-refractivity contribution < 1.29 is 23.9 Å². The first-order valence-electron chi connectivity index (χ1n) is 11.9. The number of piperazine rings is 1. The summed E-state index contributed by atoms with van der Waals surface area (Å²) < 4.78 is 11.1. The van der Waals surface area contributed by atoms with Gasteiger partial charge in [-0.15, -0.1) is 0 Å². The van der Waals surface area contributed by atoms with Crippen LogP contribution in [-0.2, 0) is 20.7 Å². The van der Waals surface area contributed by atoms with E-state index in [0.29, 0.717) is 43.3 Å². The molecule has 1 aliphatic heterocycles. The second kappa shape index (κ2) is 12.8. The zero-order chi connectivity index (χ0) is 24.3. The SMILES string of the molecule is CC(C)CCOc1ccc(C(=O)N2CCNC(=O)C2CC(=O)OCCCc2ccccc2)cc1. The minimum absolute atomic E-state index is 0.167. The summed E-state index contributed by atoms with van der Waals surface area (Å²) in [5.41, 5.74) is 1.63. The molecule has 7 nitrogen and oxygen atoms in total. The van der Waals surface area contributed by atoms with Crippen molar-refractivity contribution in [1.82, 2.24) is 10.2 Å². The number of nitrogens with zero attached hydrogens (tertiary/aromatic N) is 1. The fourth-order valence-electron chi connectivity index (χ4n) is 3.76. The van der Waals surface area contributed by atoms with Gasteiger partial charge in [0, 0.05) is 18.7 Å². The Morgan fingerprint density at radius 3 is 2.50 bits per heavy atom. The third kappa shape index (κ3) is 7.61. The molecule has 2 amide bonds. The highest BCUT2D eigenvalue weighted by molar-refractivity contribution is 5.99. The predicted molar refractivity (Wildman–Crippen MR) is 130 cm³/mol. The van der Waals surface area contributed by atoms with Crippen LogP contribution in [0.5, 0.6) is 5.75 Å². The summed E-state index contributed by atoms with van der Waals surface area (Å²) in [5.74, 6) is 0.143. The molecular weight excluding hydrogens is 432 g/mol. The standard InChI is InChI=1S/C27H34N2O5/c1-20(2)14-18-33-23-12-10-22(11-13-23)27(32)29-16-15-28-26(31)24(29)19-25(30)34-17-6-9-21-7-4-3-5-8-21/h3-5,7-8,10-13,20,24H,6,9,14-19H2,1-2H3,(H,28,31). The number of carbonyl (C=O) groups is 3. The quantitative estimate of drug-likeness (QED) is 0.404. The van der Waals surface area contributed by atoms with E-state index in [1.807, 2.05) is 30.3 Å². The number of aryl methyl sites for hydroxylation is 1. The van der Waals surface area contributed by atoms with Crippen molar-refractivity contribution in [2.24, 2.45) is 5.92 Å². The third-order valence-corrected chi connectivity index (χ3v) is 5.73. The third-order valence-electron chi connectivity index (χ3n) is 5.73. The van der Waals surface area contributed by atoms with Gasteiger partial charge in [0.15, 0.2) is 0 Å². The summed E-state index contributed by atoms with van der Waals surface area (Å²) in [6, 6.07) is 16.0. The molecule has 34 heavy (non-hydrogen) atoms. The summed E-state index contributed by atoms with van der Waals surface area (Å²) in [6.07, 6.45) is 2.29. The molecule has 1 saturated heterocycles. The minimum atomic E-state index is -0.884. The maximum absolute atomic E-state index is 13.1. The van der Waals surface area contributed by atoms with Gasteiger partial charge in [0.05, 0.1) is 19.6 Å². The van der Waals surface area contributed by atoms with Crippen molar-refractivity contribution in [1.29, 1.82) is 0 Å². The van der Waals surface area contributed by atoms with Gasteiger partial charge in [-0.25, -0.2) is 0 Å². The van der Waals surface area contributed by atoms with Crippen molar-refractivity contribution in [2.45, 2.75) is 45.6 Å². The first kappa shape index (κ1) is 25.3. The fraction of sp³-hybridized carbons (Fsp3) is 0.444. The van der Waals surface area contributed by atoms with Crippen LogP contribution in [0.2, 0.25) is 0 Å². The summed E-state index contributed by atoms with van der Waals surface area (Å²) in [7, 11) is 0. The van der Waals surface area contributed by atoms with E-state index in [1.54, 1.807) is 24.3 Å². The summed E-state index contributed by atoms with van der Waals surface area (Å²) in [6.45, 7) is 5.85. The van der Waals surface area contributed by atoms with E-state index < -0.39 is 12.0 Å². The molecule has 1 fully saturated rings. The predicted octanol–water partition coefficient (Wildman–Crippen LogP) is 3.62. The van der Waals surface area contributed by atoms with Gasteiger partial charge in [-0.3, -0.25) is 14.4 Å². The molecule has 3 rings (SSSR count). The first-order valence-corrected chi connectivity index (χ1v) is 11.9. The molecule has 1 N–H and O–H groups in total. The van der Waals surface area contributed by atoms with E-state index in [2.05, 4.69) is 19.2 Å². The molecule has 0 aromatic heterocycles. The lowest BCUT2D eigenvalue weighted by Gasteiger charge is -2.34. The van der Waals surface area contributed by atoms with Gasteiger partial charge < -0.3 is 19.7 Å². The van der Waals surface area contributed by atoms with Crippen LogP contribution >= 0.6 is 0 Å². The van der Waals surface area contributed by atoms with Gasteiger partial charge in [0.1, 0.15) is 11.8 Å². The van der Waals surface area contributed by atoms with Crippen LogP contribution in [0, 0.1) is 5.92 Å². The van der Waals surface area contributed by atoms with Gasteiger partial charge in [-0.2, -0.15) is 0 Å². The average Bonchev–Trinajstić information content (AvgIpc) is 2.83. The molecule has 182 valence electrons. The Balaban J connectivity index is 1.52. The summed E-state index contributed by atoms with van der Waals surface area (Å²) in [5, 5.41) is 2.74. The Bertz CT molecular complexity index is 943. The highest BCUT2D eigenvalue weighted by Crippen LogP contribution is 2.18. The Morgan fingerprint density at radius 2 is 1.79 bits per heavy atom. The molecule has 2 aromatic rings. The normalized spacial score (nSPS) is 15.7. The van der Waals surface area contributed by atoms with Crippen molar-refractivity contribution in [3.63, 3.8) is 0 Å². The fourth-order valence-corrected chi connectivity index (χ4v) is 3.76. The second-order valence-electron chi connectivity index (χ2n) is 8.87. The van der Waals surface area contributed by atoms with E-state index in [-0.39, 0.29) is 24.8 Å². The first-order chi connectivity index (χ1) is 16.4. The van der Waals surface area contributed by atoms with Crippen LogP contribution < -0.4 is 10.1 Å². The molecular formula is C27H34N2O5. The Labute approximate surface area is 201 Å². The van der Waals surface area contributed by atoms with E-state index in [1.165, 1.54) is 10.5 Å². The number of ether oxygens (including phenoxy) is 2. The largest absolute Gasteiger partial charge is 0.494 e. The van der Waals surface area contributed by atoms with E-state index in [4.69, 9.17) is 9.47 Å². The summed E-state index contributed by atoms with van der Waals surface area (Å²) >= 11 is 0. The lowest BCUT2D eigenvalue weighted by molar-refractivity contribution is -0.147. The van der Waals surface area contributed by atoms with Crippen molar-refractivity contribution >= 4 is 17.8 Å². The number of benzene rings is 2. The van der Waals surface area contributed by atoms with Crippen LogP contribution in [0.1, 0.15) is 49.0 Å². The van der Waals surface area contributed by atoms with E-state index in [9.17, 15) is 14.4 Å². The number of rotatable bonds is 11. The van der Waals surface area contributed by atoms with Crippen LogP contribution in [0.15, 0.2) is 54.6 Å². The highest BCUT2D eigenvalue weighted by atomic mass is 16.5. The Morgan fingerprint density at radius 1 is 1.06 bits per heavy atom. The number of esters is 1. The van der Waals surface area contributed by atoms with Gasteiger partial charge in [0.2, 0.25) is 5.91 Å². The zero-order valence-corrected chi connectivity index (χ0v) is 20.0. The van der Waals surface area contributed by atoms with Crippen LogP contribution in [0.3, 0.4) is 0 Å². The number of hydrogen-bond donors (Lipinski definition) is 1. The van der Waals surface area contributed by atoms with Gasteiger partial charge in [-0.05, 0) is 55.0 Å². The van der Waals surface area contributed by atoms with E-state index >= 15 is 0 Å². The van der Waals surface area contributed by atoms with E-state index in [0.717, 1.165) is 12.8 Å². The molecule has 0 spiro atoms. The van der Waals surface area contributed by atoms with Crippen molar-refractivity contribution in [2.75, 3.05) is 26.3 Å². The molecule has 0 aliphatic carbocycles. The monoisotopic (exact) mass is 466 g/mol. The number of hydrogen-bond acceptors (Lipinski definition) is 5. The lowest BCUT2D eigenvalue weighted by atomic mass is 10.1. The highest BCUT2D eigenvalue weighted by Gasteiger charge is 2.35. The number of amides is 2. The maximum atomic E-state index is 13.1. The molecule has 7 heteroatoms. The smallest absolute Gasteiger partial charge is 0.308 e. The van der Waals surface area contributed by atoms with Crippen LogP contribution in [0.25, 0.3) is 0 Å². The maximum Gasteiger partial charge on any atom is 0.308 e. The van der Waals surface area contributed by atoms with Crippen molar-refractivity contribution in [3.8, 4) is 5.75 Å². The molecule has 0 bridgehead atoms.